The molecule has 0 spiro atoms. The summed E-state index contributed by atoms with van der Waals surface area (Å²) in [4.78, 5) is 11.3. The zero-order valence-electron chi connectivity index (χ0n) is 10.0. The van der Waals surface area contributed by atoms with E-state index in [1.54, 1.807) is 17.8 Å². The lowest BCUT2D eigenvalue weighted by Gasteiger charge is -2.11. The average Bonchev–Trinajstić information content (AvgIpc) is 2.89. The maximum atomic E-state index is 11.5. The predicted octanol–water partition coefficient (Wildman–Crippen LogP) is 2.27. The van der Waals surface area contributed by atoms with Gasteiger partial charge in [0.1, 0.15) is 0 Å². The number of para-hydroxylation sites is 1. The Labute approximate surface area is 114 Å². The van der Waals surface area contributed by atoms with E-state index in [9.17, 15) is 4.79 Å². The summed E-state index contributed by atoms with van der Waals surface area (Å²) in [5.74, 6) is -0.0229. The lowest BCUT2D eigenvalue weighted by Crippen LogP contribution is -2.29. The number of aromatic nitrogens is 2. The van der Waals surface area contributed by atoms with Crippen LogP contribution in [0.3, 0.4) is 0 Å². The van der Waals surface area contributed by atoms with Crippen molar-refractivity contribution in [2.45, 2.75) is 18.3 Å². The smallest absolute Gasteiger partial charge is 0.233 e. The highest BCUT2D eigenvalue weighted by atomic mass is 79.9. The highest BCUT2D eigenvalue weighted by molar-refractivity contribution is 9.10. The van der Waals surface area contributed by atoms with Gasteiger partial charge in [0.05, 0.1) is 10.5 Å². The molecule has 1 N–H and O–H groups in total. The van der Waals surface area contributed by atoms with Crippen LogP contribution in [0.25, 0.3) is 5.69 Å². The molecule has 1 aromatic heterocycles. The van der Waals surface area contributed by atoms with Gasteiger partial charge in [0.25, 0.3) is 0 Å². The normalized spacial score (nSPS) is 12.1. The van der Waals surface area contributed by atoms with Crippen LogP contribution in [-0.2, 0) is 11.3 Å². The van der Waals surface area contributed by atoms with Crippen molar-refractivity contribution in [2.24, 2.45) is 0 Å². The Balaban J connectivity index is 2.16. The number of halogens is 1. The first-order valence-corrected chi connectivity index (χ1v) is 6.60. The van der Waals surface area contributed by atoms with E-state index in [0.29, 0.717) is 6.54 Å². The molecule has 4 nitrogen and oxygen atoms in total. The molecule has 0 bridgehead atoms. The fraction of sp³-hybridized carbons (Fsp3) is 0.231. The molecule has 5 heteroatoms. The number of alkyl halides is 1. The van der Waals surface area contributed by atoms with Crippen LogP contribution in [-0.4, -0.2) is 20.5 Å². The summed E-state index contributed by atoms with van der Waals surface area (Å²) in [5.41, 5.74) is 2.01. The second kappa shape index (κ2) is 5.82. The molecule has 0 fully saturated rings. The maximum absolute atomic E-state index is 11.5. The molecule has 0 saturated heterocycles. The highest BCUT2D eigenvalue weighted by Gasteiger charge is 2.09. The van der Waals surface area contributed by atoms with Gasteiger partial charge in [-0.3, -0.25) is 4.79 Å². The quantitative estimate of drug-likeness (QED) is 0.881. The van der Waals surface area contributed by atoms with Crippen molar-refractivity contribution in [2.75, 3.05) is 0 Å². The van der Waals surface area contributed by atoms with Crippen LogP contribution in [0.4, 0.5) is 0 Å². The van der Waals surface area contributed by atoms with Crippen LogP contribution in [0.5, 0.6) is 0 Å². The van der Waals surface area contributed by atoms with E-state index in [4.69, 9.17) is 0 Å². The van der Waals surface area contributed by atoms with Crippen LogP contribution >= 0.6 is 15.9 Å². The van der Waals surface area contributed by atoms with Gasteiger partial charge in [0.15, 0.2) is 0 Å². The van der Waals surface area contributed by atoms with Gasteiger partial charge in [-0.2, -0.15) is 5.10 Å². The molecule has 0 aliphatic heterocycles. The number of benzene rings is 1. The monoisotopic (exact) mass is 307 g/mol. The van der Waals surface area contributed by atoms with Gasteiger partial charge < -0.3 is 5.32 Å². The lowest BCUT2D eigenvalue weighted by molar-refractivity contribution is -0.120. The Hall–Kier alpha value is -1.62. The number of hydrogen-bond donors (Lipinski definition) is 1. The molecule has 1 atom stereocenters. The van der Waals surface area contributed by atoms with Gasteiger partial charge in [-0.15, -0.1) is 0 Å². The van der Waals surface area contributed by atoms with Gasteiger partial charge in [-0.1, -0.05) is 34.1 Å². The molecule has 1 aromatic carbocycles. The summed E-state index contributed by atoms with van der Waals surface area (Å²) in [6.45, 7) is 2.29. The van der Waals surface area contributed by atoms with E-state index in [2.05, 4.69) is 26.3 Å². The molecule has 0 saturated carbocycles. The van der Waals surface area contributed by atoms with E-state index in [-0.39, 0.29) is 10.7 Å². The minimum Gasteiger partial charge on any atom is -0.351 e. The van der Waals surface area contributed by atoms with E-state index in [1.165, 1.54) is 0 Å². The van der Waals surface area contributed by atoms with Gasteiger partial charge in [0.2, 0.25) is 5.91 Å². The summed E-state index contributed by atoms with van der Waals surface area (Å²) in [6.07, 6.45) is 3.61. The Morgan fingerprint density at radius 2 is 2.22 bits per heavy atom. The van der Waals surface area contributed by atoms with Crippen molar-refractivity contribution in [1.29, 1.82) is 0 Å². The lowest BCUT2D eigenvalue weighted by atomic mass is 10.1. The largest absolute Gasteiger partial charge is 0.351 e. The minimum atomic E-state index is -0.186. The van der Waals surface area contributed by atoms with E-state index >= 15 is 0 Å². The van der Waals surface area contributed by atoms with Gasteiger partial charge in [-0.25, -0.2) is 4.68 Å². The second-order valence-electron chi connectivity index (χ2n) is 3.91. The molecule has 1 heterocycles. The van der Waals surface area contributed by atoms with Crippen LogP contribution in [0.15, 0.2) is 42.7 Å². The third-order valence-electron chi connectivity index (χ3n) is 2.56. The first kappa shape index (κ1) is 12.8. The van der Waals surface area contributed by atoms with Crippen molar-refractivity contribution in [3.63, 3.8) is 0 Å². The predicted molar refractivity (Wildman–Crippen MR) is 73.8 cm³/mol. The number of carbonyl (C=O) groups is 1. The standard InChI is InChI=1S/C13H14BrN3O/c1-10(14)13(18)15-9-11-5-2-3-6-12(11)17-8-4-7-16-17/h2-8,10H,9H2,1H3,(H,15,18). The van der Waals surface area contributed by atoms with E-state index in [0.717, 1.165) is 11.3 Å². The number of nitrogens with zero attached hydrogens (tertiary/aromatic N) is 2. The van der Waals surface area contributed by atoms with Crippen molar-refractivity contribution < 1.29 is 4.79 Å². The van der Waals surface area contributed by atoms with Gasteiger partial charge in [0, 0.05) is 18.9 Å². The molecule has 2 rings (SSSR count). The minimum absolute atomic E-state index is 0.0229. The number of amides is 1. The molecule has 2 aromatic rings. The highest BCUT2D eigenvalue weighted by Crippen LogP contribution is 2.13. The third kappa shape index (κ3) is 2.98. The summed E-state index contributed by atoms with van der Waals surface area (Å²) < 4.78 is 1.79. The molecular formula is C13H14BrN3O. The summed E-state index contributed by atoms with van der Waals surface area (Å²) in [5, 5.41) is 7.08. The summed E-state index contributed by atoms with van der Waals surface area (Å²) in [6, 6.07) is 9.74. The Morgan fingerprint density at radius 1 is 1.44 bits per heavy atom. The summed E-state index contributed by atoms with van der Waals surface area (Å²) >= 11 is 3.24. The first-order chi connectivity index (χ1) is 8.68. The SMILES string of the molecule is CC(Br)C(=O)NCc1ccccc1-n1cccn1. The fourth-order valence-electron chi connectivity index (χ4n) is 1.62. The number of rotatable bonds is 4. The molecule has 0 aliphatic rings. The number of nitrogens with one attached hydrogen (secondary N) is 1. The molecule has 1 unspecified atom stereocenters. The third-order valence-corrected chi connectivity index (χ3v) is 2.97. The second-order valence-corrected chi connectivity index (χ2v) is 5.29. The molecule has 94 valence electrons. The van der Waals surface area contributed by atoms with Crippen LogP contribution in [0, 0.1) is 0 Å². The van der Waals surface area contributed by atoms with Crippen molar-refractivity contribution in [3.8, 4) is 5.69 Å². The first-order valence-electron chi connectivity index (χ1n) is 5.68. The van der Waals surface area contributed by atoms with E-state index < -0.39 is 0 Å². The average molecular weight is 308 g/mol. The number of hydrogen-bond acceptors (Lipinski definition) is 2. The van der Waals surface area contributed by atoms with E-state index in [1.807, 2.05) is 36.5 Å². The van der Waals surface area contributed by atoms with Crippen molar-refractivity contribution in [3.05, 3.63) is 48.3 Å². The topological polar surface area (TPSA) is 46.9 Å². The Kier molecular flexibility index (Phi) is 4.15. The van der Waals surface area contributed by atoms with Crippen molar-refractivity contribution in [1.82, 2.24) is 15.1 Å². The van der Waals surface area contributed by atoms with Crippen LogP contribution in [0.2, 0.25) is 0 Å². The Morgan fingerprint density at radius 3 is 2.89 bits per heavy atom. The Bertz CT molecular complexity index is 523. The summed E-state index contributed by atoms with van der Waals surface area (Å²) in [7, 11) is 0. The van der Waals surface area contributed by atoms with Crippen molar-refractivity contribution >= 4 is 21.8 Å². The number of carbonyl (C=O) groups excluding carboxylic acids is 1. The zero-order chi connectivity index (χ0) is 13.0. The fourth-order valence-corrected chi connectivity index (χ4v) is 1.78. The van der Waals surface area contributed by atoms with Crippen LogP contribution < -0.4 is 5.32 Å². The van der Waals surface area contributed by atoms with Gasteiger partial charge in [-0.05, 0) is 24.6 Å². The zero-order valence-corrected chi connectivity index (χ0v) is 11.6. The molecular weight excluding hydrogens is 294 g/mol. The molecule has 1 amide bonds. The molecule has 0 aliphatic carbocycles. The van der Waals surface area contributed by atoms with Crippen LogP contribution in [0.1, 0.15) is 12.5 Å². The molecule has 18 heavy (non-hydrogen) atoms. The maximum Gasteiger partial charge on any atom is 0.233 e. The van der Waals surface area contributed by atoms with Gasteiger partial charge >= 0.3 is 0 Å². The molecule has 0 radical (unpaired) electrons.